The fourth-order valence-corrected chi connectivity index (χ4v) is 4.35. The van der Waals surface area contributed by atoms with E-state index in [0.717, 1.165) is 25.8 Å². The van der Waals surface area contributed by atoms with E-state index in [9.17, 15) is 9.59 Å². The lowest BCUT2D eigenvalue weighted by Crippen LogP contribution is -2.45. The predicted octanol–water partition coefficient (Wildman–Crippen LogP) is 2.55. The fraction of sp³-hybridized carbons (Fsp3) is 0.545. The third-order valence-corrected chi connectivity index (χ3v) is 6.03. The van der Waals surface area contributed by atoms with Crippen molar-refractivity contribution in [1.82, 2.24) is 19.9 Å². The van der Waals surface area contributed by atoms with Gasteiger partial charge in [0.25, 0.3) is 5.56 Å². The monoisotopic (exact) mass is 395 g/mol. The lowest BCUT2D eigenvalue weighted by atomic mass is 9.96. The van der Waals surface area contributed by atoms with Crippen LogP contribution in [-0.2, 0) is 11.8 Å². The quantitative estimate of drug-likeness (QED) is 0.787. The second-order valence-electron chi connectivity index (χ2n) is 8.08. The van der Waals surface area contributed by atoms with Crippen LogP contribution in [0.25, 0.3) is 11.2 Å². The molecule has 7 nitrogen and oxygen atoms in total. The Labute approximate surface area is 170 Å². The Bertz CT molecular complexity index is 981. The highest BCUT2D eigenvalue weighted by Gasteiger charge is 2.28. The molecular weight excluding hydrogens is 366 g/mol. The van der Waals surface area contributed by atoms with Gasteiger partial charge in [-0.3, -0.25) is 14.2 Å². The van der Waals surface area contributed by atoms with Crippen molar-refractivity contribution in [2.75, 3.05) is 24.5 Å². The summed E-state index contributed by atoms with van der Waals surface area (Å²) in [6.07, 6.45) is 11.5. The standard InChI is InChI=1S/C22H29N5O2/c1-26-19-18(10-5-12-23-19)25-20(22(26)29)27-14-6-9-17(15-27)21(28)24-13-11-16-7-3-2-4-8-16/h5,7,10,12,17H,2-4,6,8-9,11,13-15H2,1H3,(H,24,28). The van der Waals surface area contributed by atoms with E-state index >= 15 is 0 Å². The highest BCUT2D eigenvalue weighted by atomic mass is 16.2. The molecule has 3 heterocycles. The molecule has 1 unspecified atom stereocenters. The van der Waals surface area contributed by atoms with Gasteiger partial charge in [0.05, 0.1) is 5.92 Å². The number of allylic oxidation sites excluding steroid dienone is 1. The summed E-state index contributed by atoms with van der Waals surface area (Å²) in [6, 6.07) is 3.68. The van der Waals surface area contributed by atoms with E-state index in [2.05, 4.69) is 21.4 Å². The molecule has 0 bridgehead atoms. The number of rotatable bonds is 5. The zero-order valence-electron chi connectivity index (χ0n) is 17.1. The van der Waals surface area contributed by atoms with Crippen molar-refractivity contribution in [2.45, 2.75) is 44.9 Å². The summed E-state index contributed by atoms with van der Waals surface area (Å²) >= 11 is 0. The van der Waals surface area contributed by atoms with Crippen LogP contribution in [0.1, 0.15) is 44.9 Å². The summed E-state index contributed by atoms with van der Waals surface area (Å²) in [7, 11) is 1.72. The number of hydrogen-bond donors (Lipinski definition) is 1. The first-order valence-corrected chi connectivity index (χ1v) is 10.7. The van der Waals surface area contributed by atoms with E-state index < -0.39 is 0 Å². The third kappa shape index (κ3) is 4.33. The number of aryl methyl sites for hydroxylation is 1. The van der Waals surface area contributed by atoms with Gasteiger partial charge in [0.2, 0.25) is 5.91 Å². The number of anilines is 1. The van der Waals surface area contributed by atoms with Crippen LogP contribution in [0.2, 0.25) is 0 Å². The minimum Gasteiger partial charge on any atom is -0.355 e. The van der Waals surface area contributed by atoms with E-state index in [4.69, 9.17) is 0 Å². The van der Waals surface area contributed by atoms with Crippen molar-refractivity contribution < 1.29 is 4.79 Å². The number of aromatic nitrogens is 3. The van der Waals surface area contributed by atoms with Crippen LogP contribution in [-0.4, -0.2) is 40.1 Å². The molecule has 0 radical (unpaired) electrons. The maximum absolute atomic E-state index is 12.8. The van der Waals surface area contributed by atoms with Crippen LogP contribution in [0.4, 0.5) is 5.82 Å². The molecule has 0 aromatic carbocycles. The Morgan fingerprint density at radius 1 is 1.31 bits per heavy atom. The molecular formula is C22H29N5O2. The molecule has 2 aliphatic rings. The number of piperidine rings is 1. The number of carbonyl (C=O) groups is 1. The van der Waals surface area contributed by atoms with Gasteiger partial charge in [0.15, 0.2) is 11.5 Å². The van der Waals surface area contributed by atoms with Crippen LogP contribution in [0.3, 0.4) is 0 Å². The maximum atomic E-state index is 12.8. The Morgan fingerprint density at radius 3 is 3.03 bits per heavy atom. The normalized spacial score (nSPS) is 19.8. The van der Waals surface area contributed by atoms with Crippen molar-refractivity contribution in [1.29, 1.82) is 0 Å². The van der Waals surface area contributed by atoms with Crippen molar-refractivity contribution in [3.8, 4) is 0 Å². The van der Waals surface area contributed by atoms with Crippen LogP contribution in [0.15, 0.2) is 34.8 Å². The number of amides is 1. The lowest BCUT2D eigenvalue weighted by molar-refractivity contribution is -0.125. The molecule has 154 valence electrons. The SMILES string of the molecule is Cn1c(=O)c(N2CCCC(C(=O)NCCC3=CCCCC3)C2)nc2cccnc21. The summed E-state index contributed by atoms with van der Waals surface area (Å²) < 4.78 is 1.54. The number of nitrogens with zero attached hydrogens (tertiary/aromatic N) is 4. The van der Waals surface area contributed by atoms with Gasteiger partial charge in [-0.25, -0.2) is 9.97 Å². The molecule has 0 saturated carbocycles. The van der Waals surface area contributed by atoms with E-state index in [1.165, 1.54) is 31.3 Å². The van der Waals surface area contributed by atoms with Gasteiger partial charge >= 0.3 is 0 Å². The summed E-state index contributed by atoms with van der Waals surface area (Å²) in [5.41, 5.74) is 2.57. The van der Waals surface area contributed by atoms with Crippen LogP contribution < -0.4 is 15.8 Å². The van der Waals surface area contributed by atoms with E-state index in [1.807, 2.05) is 17.0 Å². The Kier molecular flexibility index (Phi) is 5.92. The average Bonchev–Trinajstić information content (AvgIpc) is 2.77. The number of carbonyl (C=O) groups excluding carboxylic acids is 1. The first-order chi connectivity index (χ1) is 14.1. The van der Waals surface area contributed by atoms with Crippen molar-refractivity contribution >= 4 is 22.9 Å². The van der Waals surface area contributed by atoms with Gasteiger partial charge in [-0.2, -0.15) is 0 Å². The van der Waals surface area contributed by atoms with Crippen LogP contribution in [0, 0.1) is 5.92 Å². The maximum Gasteiger partial charge on any atom is 0.294 e. The Hall–Kier alpha value is -2.70. The summed E-state index contributed by atoms with van der Waals surface area (Å²) in [4.78, 5) is 36.3. The highest BCUT2D eigenvalue weighted by Crippen LogP contribution is 2.22. The van der Waals surface area contributed by atoms with Crippen molar-refractivity contribution in [2.24, 2.45) is 13.0 Å². The molecule has 1 atom stereocenters. The summed E-state index contributed by atoms with van der Waals surface area (Å²) in [5.74, 6) is 0.392. The minimum atomic E-state index is -0.165. The van der Waals surface area contributed by atoms with Crippen LogP contribution in [0.5, 0.6) is 0 Å². The summed E-state index contributed by atoms with van der Waals surface area (Å²) in [5, 5.41) is 3.11. The Balaban J connectivity index is 1.42. The molecule has 1 amide bonds. The summed E-state index contributed by atoms with van der Waals surface area (Å²) in [6.45, 7) is 1.97. The van der Waals surface area contributed by atoms with Crippen molar-refractivity contribution in [3.05, 3.63) is 40.3 Å². The zero-order valence-corrected chi connectivity index (χ0v) is 17.1. The topological polar surface area (TPSA) is 80.1 Å². The molecule has 1 fully saturated rings. The van der Waals surface area contributed by atoms with Gasteiger partial charge in [-0.05, 0) is 57.1 Å². The first kappa shape index (κ1) is 19.6. The smallest absolute Gasteiger partial charge is 0.294 e. The highest BCUT2D eigenvalue weighted by molar-refractivity contribution is 5.79. The van der Waals surface area contributed by atoms with Gasteiger partial charge in [0, 0.05) is 32.9 Å². The molecule has 1 N–H and O–H groups in total. The molecule has 4 rings (SSSR count). The van der Waals surface area contributed by atoms with Gasteiger partial charge in [0.1, 0.15) is 5.52 Å². The number of fused-ring (bicyclic) bond motifs is 1. The lowest BCUT2D eigenvalue weighted by Gasteiger charge is -2.32. The number of pyridine rings is 1. The molecule has 1 aliphatic carbocycles. The van der Waals surface area contributed by atoms with Gasteiger partial charge in [-0.1, -0.05) is 11.6 Å². The minimum absolute atomic E-state index is 0.0883. The molecule has 7 heteroatoms. The van der Waals surface area contributed by atoms with Crippen LogP contribution >= 0.6 is 0 Å². The predicted molar refractivity (Wildman–Crippen MR) is 114 cm³/mol. The average molecular weight is 396 g/mol. The van der Waals surface area contributed by atoms with Crippen molar-refractivity contribution in [3.63, 3.8) is 0 Å². The fourth-order valence-electron chi connectivity index (χ4n) is 4.35. The first-order valence-electron chi connectivity index (χ1n) is 10.7. The second-order valence-corrected chi connectivity index (χ2v) is 8.08. The van der Waals surface area contributed by atoms with Gasteiger partial charge in [-0.15, -0.1) is 0 Å². The largest absolute Gasteiger partial charge is 0.355 e. The molecule has 1 aliphatic heterocycles. The molecule has 0 spiro atoms. The van der Waals surface area contributed by atoms with E-state index in [-0.39, 0.29) is 17.4 Å². The van der Waals surface area contributed by atoms with Gasteiger partial charge < -0.3 is 10.2 Å². The molecule has 29 heavy (non-hydrogen) atoms. The molecule has 2 aromatic heterocycles. The molecule has 1 saturated heterocycles. The van der Waals surface area contributed by atoms with E-state index in [1.54, 1.807) is 17.8 Å². The molecule has 2 aromatic rings. The number of hydrogen-bond acceptors (Lipinski definition) is 5. The zero-order chi connectivity index (χ0) is 20.2. The second kappa shape index (κ2) is 8.76. The third-order valence-electron chi connectivity index (χ3n) is 6.03. The Morgan fingerprint density at radius 2 is 2.21 bits per heavy atom. The van der Waals surface area contributed by atoms with E-state index in [0.29, 0.717) is 30.1 Å². The number of nitrogens with one attached hydrogen (secondary N) is 1.